The summed E-state index contributed by atoms with van der Waals surface area (Å²) in [5, 5.41) is 9.37. The van der Waals surface area contributed by atoms with E-state index >= 15 is 0 Å². The van der Waals surface area contributed by atoms with Crippen LogP contribution in [0.1, 0.15) is 31.4 Å². The van der Waals surface area contributed by atoms with Gasteiger partial charge in [0.05, 0.1) is 6.10 Å². The first-order valence-corrected chi connectivity index (χ1v) is 10.8. The van der Waals surface area contributed by atoms with Crippen molar-refractivity contribution in [2.75, 3.05) is 36.7 Å². The SMILES string of the molecule is Cc1cc(N(CC(=O)NCC2CCCO2)C(=O)CCC(=O)Nc2ccc3c(c2)OCO3)no1. The van der Waals surface area contributed by atoms with E-state index in [1.807, 2.05) is 0 Å². The van der Waals surface area contributed by atoms with Crippen molar-refractivity contribution in [3.8, 4) is 11.5 Å². The average Bonchev–Trinajstić information content (AvgIpc) is 3.56. The van der Waals surface area contributed by atoms with Gasteiger partial charge in [0.1, 0.15) is 12.3 Å². The second kappa shape index (κ2) is 10.3. The molecular formula is C22H26N4O7. The van der Waals surface area contributed by atoms with E-state index in [4.69, 9.17) is 18.7 Å². The molecule has 1 aromatic carbocycles. The zero-order valence-corrected chi connectivity index (χ0v) is 18.3. The van der Waals surface area contributed by atoms with Crippen molar-refractivity contribution in [2.45, 2.75) is 38.7 Å². The van der Waals surface area contributed by atoms with Gasteiger partial charge in [0, 0.05) is 43.8 Å². The lowest BCUT2D eigenvalue weighted by atomic mass is 10.2. The molecule has 4 rings (SSSR count). The third-order valence-electron chi connectivity index (χ3n) is 5.27. The third kappa shape index (κ3) is 6.01. The number of hydrogen-bond acceptors (Lipinski definition) is 8. The van der Waals surface area contributed by atoms with Crippen molar-refractivity contribution in [1.82, 2.24) is 10.5 Å². The van der Waals surface area contributed by atoms with E-state index in [9.17, 15) is 14.4 Å². The molecule has 2 N–H and O–H groups in total. The summed E-state index contributed by atoms with van der Waals surface area (Å²) in [6.45, 7) is 2.67. The molecule has 2 aromatic rings. The molecule has 33 heavy (non-hydrogen) atoms. The molecular weight excluding hydrogens is 432 g/mol. The quantitative estimate of drug-likeness (QED) is 0.581. The first kappa shape index (κ1) is 22.6. The Bertz CT molecular complexity index is 1020. The molecule has 0 aliphatic carbocycles. The van der Waals surface area contributed by atoms with Crippen LogP contribution in [0.2, 0.25) is 0 Å². The number of carbonyl (C=O) groups excluding carboxylic acids is 3. The number of benzene rings is 1. The monoisotopic (exact) mass is 458 g/mol. The van der Waals surface area contributed by atoms with Crippen molar-refractivity contribution >= 4 is 29.2 Å². The van der Waals surface area contributed by atoms with Gasteiger partial charge in [-0.25, -0.2) is 0 Å². The van der Waals surface area contributed by atoms with E-state index in [0.29, 0.717) is 36.1 Å². The molecule has 176 valence electrons. The fourth-order valence-electron chi connectivity index (χ4n) is 3.56. The van der Waals surface area contributed by atoms with Crippen LogP contribution in [0.5, 0.6) is 11.5 Å². The summed E-state index contributed by atoms with van der Waals surface area (Å²) in [4.78, 5) is 38.9. The van der Waals surface area contributed by atoms with Crippen molar-refractivity contribution < 1.29 is 33.1 Å². The lowest BCUT2D eigenvalue weighted by molar-refractivity contribution is -0.125. The highest BCUT2D eigenvalue weighted by Crippen LogP contribution is 2.34. The Hall–Kier alpha value is -3.60. The normalized spacial score (nSPS) is 16.5. The molecule has 1 fully saturated rings. The number of fused-ring (bicyclic) bond motifs is 1. The van der Waals surface area contributed by atoms with Crippen LogP contribution in [0.3, 0.4) is 0 Å². The number of anilines is 2. The molecule has 0 radical (unpaired) electrons. The number of hydrogen-bond donors (Lipinski definition) is 2. The van der Waals surface area contributed by atoms with E-state index < -0.39 is 5.91 Å². The lowest BCUT2D eigenvalue weighted by Crippen LogP contribution is -2.43. The maximum Gasteiger partial charge on any atom is 0.240 e. The summed E-state index contributed by atoms with van der Waals surface area (Å²) in [5.74, 6) is 0.774. The molecule has 0 saturated carbocycles. The van der Waals surface area contributed by atoms with Crippen LogP contribution in [0, 0.1) is 6.92 Å². The number of nitrogens with zero attached hydrogens (tertiary/aromatic N) is 2. The minimum absolute atomic E-state index is 0.00716. The van der Waals surface area contributed by atoms with Crippen molar-refractivity contribution in [3.63, 3.8) is 0 Å². The highest BCUT2D eigenvalue weighted by atomic mass is 16.7. The standard InChI is InChI=1S/C22H26N4O7/c1-14-9-19(25-33-14)26(12-21(28)23-11-16-3-2-8-30-16)22(29)7-6-20(27)24-15-4-5-17-18(10-15)32-13-31-17/h4-5,9-10,16H,2-3,6-8,11-13H2,1H3,(H,23,28)(H,24,27). The van der Waals surface area contributed by atoms with Crippen molar-refractivity contribution in [3.05, 3.63) is 30.0 Å². The summed E-state index contributed by atoms with van der Waals surface area (Å²) in [6.07, 6.45) is 1.67. The first-order chi connectivity index (χ1) is 16.0. The lowest BCUT2D eigenvalue weighted by Gasteiger charge is -2.20. The van der Waals surface area contributed by atoms with Gasteiger partial charge in [-0.1, -0.05) is 5.16 Å². The minimum Gasteiger partial charge on any atom is -0.454 e. The van der Waals surface area contributed by atoms with Crippen LogP contribution in [0.25, 0.3) is 0 Å². The van der Waals surface area contributed by atoms with Crippen LogP contribution in [-0.2, 0) is 19.1 Å². The Morgan fingerprint density at radius 1 is 1.12 bits per heavy atom. The number of amides is 3. The van der Waals surface area contributed by atoms with Crippen LogP contribution in [0.15, 0.2) is 28.8 Å². The number of aryl methyl sites for hydroxylation is 1. The zero-order chi connectivity index (χ0) is 23.2. The molecule has 0 spiro atoms. The van der Waals surface area contributed by atoms with Gasteiger partial charge in [0.2, 0.25) is 24.5 Å². The fraction of sp³-hybridized carbons (Fsp3) is 0.455. The maximum atomic E-state index is 12.9. The van der Waals surface area contributed by atoms with E-state index in [1.165, 1.54) is 4.90 Å². The average molecular weight is 458 g/mol. The molecule has 3 heterocycles. The van der Waals surface area contributed by atoms with Gasteiger partial charge < -0.3 is 29.4 Å². The van der Waals surface area contributed by atoms with E-state index in [2.05, 4.69) is 15.8 Å². The number of nitrogens with one attached hydrogen (secondary N) is 2. The smallest absolute Gasteiger partial charge is 0.240 e. The summed E-state index contributed by atoms with van der Waals surface area (Å²) in [7, 11) is 0. The number of rotatable bonds is 9. The topological polar surface area (TPSA) is 132 Å². The molecule has 0 bridgehead atoms. The zero-order valence-electron chi connectivity index (χ0n) is 18.3. The molecule has 2 aliphatic rings. The summed E-state index contributed by atoms with van der Waals surface area (Å²) in [6, 6.07) is 6.62. The van der Waals surface area contributed by atoms with Crippen molar-refractivity contribution in [1.29, 1.82) is 0 Å². The van der Waals surface area contributed by atoms with Crippen LogP contribution in [0.4, 0.5) is 11.5 Å². The van der Waals surface area contributed by atoms with E-state index in [-0.39, 0.29) is 49.9 Å². The van der Waals surface area contributed by atoms with Gasteiger partial charge in [0.25, 0.3) is 0 Å². The number of carbonyl (C=O) groups is 3. The molecule has 11 nitrogen and oxygen atoms in total. The van der Waals surface area contributed by atoms with Gasteiger partial charge in [-0.05, 0) is 31.9 Å². The van der Waals surface area contributed by atoms with Crippen molar-refractivity contribution in [2.24, 2.45) is 0 Å². The largest absolute Gasteiger partial charge is 0.454 e. The highest BCUT2D eigenvalue weighted by molar-refractivity contribution is 6.00. The Kier molecular flexibility index (Phi) is 7.08. The molecule has 1 unspecified atom stereocenters. The number of ether oxygens (including phenoxy) is 3. The Morgan fingerprint density at radius 3 is 2.73 bits per heavy atom. The van der Waals surface area contributed by atoms with Gasteiger partial charge in [-0.2, -0.15) is 0 Å². The molecule has 1 aromatic heterocycles. The molecule has 1 saturated heterocycles. The molecule has 1 atom stereocenters. The second-order valence-electron chi connectivity index (χ2n) is 7.83. The van der Waals surface area contributed by atoms with Gasteiger partial charge in [-0.3, -0.25) is 19.3 Å². The third-order valence-corrected chi connectivity index (χ3v) is 5.27. The predicted molar refractivity (Wildman–Crippen MR) is 116 cm³/mol. The maximum absolute atomic E-state index is 12.9. The van der Waals surface area contributed by atoms with Gasteiger partial charge in [0.15, 0.2) is 17.3 Å². The van der Waals surface area contributed by atoms with Gasteiger partial charge >= 0.3 is 0 Å². The van der Waals surface area contributed by atoms with E-state index in [0.717, 1.165) is 12.8 Å². The second-order valence-corrected chi connectivity index (χ2v) is 7.83. The summed E-state index contributed by atoms with van der Waals surface area (Å²) >= 11 is 0. The summed E-state index contributed by atoms with van der Waals surface area (Å²) < 4.78 is 21.1. The molecule has 11 heteroatoms. The highest BCUT2D eigenvalue weighted by Gasteiger charge is 2.24. The fourth-order valence-corrected chi connectivity index (χ4v) is 3.56. The Balaban J connectivity index is 1.31. The van der Waals surface area contributed by atoms with Crippen LogP contribution >= 0.6 is 0 Å². The van der Waals surface area contributed by atoms with Crippen LogP contribution in [-0.4, -0.2) is 55.5 Å². The van der Waals surface area contributed by atoms with Gasteiger partial charge in [-0.15, -0.1) is 0 Å². The summed E-state index contributed by atoms with van der Waals surface area (Å²) in [5.41, 5.74) is 0.536. The Morgan fingerprint density at radius 2 is 1.97 bits per heavy atom. The Labute approximate surface area is 190 Å². The number of aromatic nitrogens is 1. The van der Waals surface area contributed by atoms with Crippen LogP contribution < -0.4 is 25.0 Å². The van der Waals surface area contributed by atoms with E-state index in [1.54, 1.807) is 31.2 Å². The first-order valence-electron chi connectivity index (χ1n) is 10.8. The predicted octanol–water partition coefficient (Wildman–Crippen LogP) is 1.76. The molecule has 2 aliphatic heterocycles. The minimum atomic E-state index is -0.420. The molecule has 3 amide bonds.